The zero-order valence-electron chi connectivity index (χ0n) is 12.7. The Labute approximate surface area is 133 Å². The van der Waals surface area contributed by atoms with Gasteiger partial charge in [-0.2, -0.15) is 4.68 Å². The largest absolute Gasteiger partial charge is 0.497 e. The van der Waals surface area contributed by atoms with Gasteiger partial charge in [0.1, 0.15) is 11.3 Å². The van der Waals surface area contributed by atoms with E-state index < -0.39 is 0 Å². The first-order chi connectivity index (χ1) is 11.3. The summed E-state index contributed by atoms with van der Waals surface area (Å²) in [6, 6.07) is 13.3. The van der Waals surface area contributed by atoms with Gasteiger partial charge in [-0.3, -0.25) is 0 Å². The van der Waals surface area contributed by atoms with Crippen molar-refractivity contribution in [3.05, 3.63) is 53.6 Å². The third-order valence-electron chi connectivity index (χ3n) is 4.28. The minimum absolute atomic E-state index is 0.0243. The zero-order valence-corrected chi connectivity index (χ0v) is 12.7. The highest BCUT2D eigenvalue weighted by Gasteiger charge is 2.24. The maximum Gasteiger partial charge on any atom is 0.344 e. The molecule has 1 unspecified atom stereocenters. The number of fused-ring (bicyclic) bond motifs is 2. The number of aryl methyl sites for hydroxylation is 1. The number of aromatic nitrogens is 3. The fourth-order valence-electron chi connectivity index (χ4n) is 3.10. The Morgan fingerprint density at radius 3 is 3.04 bits per heavy atom. The first kappa shape index (κ1) is 13.8. The van der Waals surface area contributed by atoms with Crippen LogP contribution < -0.4 is 10.1 Å². The van der Waals surface area contributed by atoms with Crippen molar-refractivity contribution in [1.29, 1.82) is 0 Å². The second kappa shape index (κ2) is 5.39. The Hall–Kier alpha value is -2.89. The molecule has 0 fully saturated rings. The first-order valence-electron chi connectivity index (χ1n) is 7.54. The summed E-state index contributed by atoms with van der Waals surface area (Å²) in [5, 5.41) is 11.1. The molecule has 0 saturated heterocycles. The minimum atomic E-state index is -0.264. The predicted octanol–water partition coefficient (Wildman–Crippen LogP) is 2.69. The molecule has 0 spiro atoms. The third kappa shape index (κ3) is 2.32. The molecule has 4 rings (SSSR count). The van der Waals surface area contributed by atoms with E-state index in [2.05, 4.69) is 27.8 Å². The Morgan fingerprint density at radius 1 is 1.30 bits per heavy atom. The summed E-state index contributed by atoms with van der Waals surface area (Å²) in [7, 11) is 1.59. The van der Waals surface area contributed by atoms with Crippen molar-refractivity contribution in [1.82, 2.24) is 20.3 Å². The number of nitrogens with zero attached hydrogens (tertiary/aromatic N) is 3. The van der Waals surface area contributed by atoms with Crippen LogP contribution in [0.25, 0.3) is 11.0 Å². The molecule has 1 aliphatic carbocycles. The minimum Gasteiger partial charge on any atom is -0.497 e. The van der Waals surface area contributed by atoms with E-state index in [0.29, 0.717) is 16.8 Å². The van der Waals surface area contributed by atoms with Crippen LogP contribution >= 0.6 is 0 Å². The highest BCUT2D eigenvalue weighted by molar-refractivity contribution is 5.88. The number of rotatable bonds is 2. The fraction of sp³-hybridized carbons (Fsp3) is 0.235. The SMILES string of the molecule is COc1ccc2c(c1)nnn2C(=O)NC1CCc2ccccc21. The molecule has 1 N–H and O–H groups in total. The molecule has 0 bridgehead atoms. The van der Waals surface area contributed by atoms with Crippen molar-refractivity contribution >= 4 is 17.1 Å². The number of carbonyl (C=O) groups excluding carboxylic acids is 1. The average Bonchev–Trinajstić information content (AvgIpc) is 3.18. The molecular weight excluding hydrogens is 292 g/mol. The lowest BCUT2D eigenvalue weighted by atomic mass is 10.1. The van der Waals surface area contributed by atoms with Gasteiger partial charge < -0.3 is 10.1 Å². The van der Waals surface area contributed by atoms with E-state index in [1.165, 1.54) is 15.8 Å². The molecule has 1 aliphatic rings. The van der Waals surface area contributed by atoms with Crippen molar-refractivity contribution in [2.75, 3.05) is 7.11 Å². The smallest absolute Gasteiger partial charge is 0.344 e. The molecule has 3 aromatic rings. The first-order valence-corrected chi connectivity index (χ1v) is 7.54. The van der Waals surface area contributed by atoms with Crippen LogP contribution in [-0.4, -0.2) is 28.1 Å². The van der Waals surface area contributed by atoms with E-state index in [1.807, 2.05) is 12.1 Å². The summed E-state index contributed by atoms with van der Waals surface area (Å²) in [6.45, 7) is 0. The van der Waals surface area contributed by atoms with Gasteiger partial charge in [0.25, 0.3) is 0 Å². The van der Waals surface area contributed by atoms with Crippen molar-refractivity contribution in [3.8, 4) is 5.75 Å². The van der Waals surface area contributed by atoms with Gasteiger partial charge in [0.05, 0.1) is 18.7 Å². The number of hydrogen-bond donors (Lipinski definition) is 1. The topological polar surface area (TPSA) is 69.0 Å². The van der Waals surface area contributed by atoms with Gasteiger partial charge in [0.15, 0.2) is 0 Å². The Balaban J connectivity index is 1.61. The Kier molecular flexibility index (Phi) is 3.22. The Bertz CT molecular complexity index is 887. The molecule has 1 aromatic heterocycles. The fourth-order valence-corrected chi connectivity index (χ4v) is 3.10. The molecule has 116 valence electrons. The van der Waals surface area contributed by atoms with Gasteiger partial charge in [-0.25, -0.2) is 4.79 Å². The van der Waals surface area contributed by atoms with E-state index in [0.717, 1.165) is 12.8 Å². The highest BCUT2D eigenvalue weighted by atomic mass is 16.5. The molecular formula is C17H16N4O2. The van der Waals surface area contributed by atoms with Crippen LogP contribution in [0.4, 0.5) is 4.79 Å². The molecule has 0 radical (unpaired) electrons. The van der Waals surface area contributed by atoms with Crippen molar-refractivity contribution in [2.45, 2.75) is 18.9 Å². The number of carbonyl (C=O) groups is 1. The number of benzene rings is 2. The van der Waals surface area contributed by atoms with Gasteiger partial charge >= 0.3 is 6.03 Å². The standard InChI is InChI=1S/C17H16N4O2/c1-23-12-7-9-16-15(10-12)19-20-21(16)17(22)18-14-8-6-11-4-2-3-5-13(11)14/h2-5,7,9-10,14H,6,8H2,1H3,(H,18,22). The third-order valence-corrected chi connectivity index (χ3v) is 4.28. The van der Waals surface area contributed by atoms with Gasteiger partial charge in [-0.15, -0.1) is 5.10 Å². The quantitative estimate of drug-likeness (QED) is 0.790. The molecule has 6 nitrogen and oxygen atoms in total. The molecule has 2 aromatic carbocycles. The van der Waals surface area contributed by atoms with Crippen LogP contribution in [0, 0.1) is 0 Å². The van der Waals surface area contributed by atoms with Gasteiger partial charge in [-0.05, 0) is 36.1 Å². The van der Waals surface area contributed by atoms with Crippen LogP contribution in [0.15, 0.2) is 42.5 Å². The maximum absolute atomic E-state index is 12.6. The molecule has 1 heterocycles. The van der Waals surface area contributed by atoms with Crippen molar-refractivity contribution in [3.63, 3.8) is 0 Å². The van der Waals surface area contributed by atoms with Crippen molar-refractivity contribution in [2.24, 2.45) is 0 Å². The lowest BCUT2D eigenvalue weighted by Crippen LogP contribution is -2.32. The normalized spacial score (nSPS) is 16.3. The second-order valence-electron chi connectivity index (χ2n) is 5.60. The number of ether oxygens (including phenoxy) is 1. The maximum atomic E-state index is 12.6. The van der Waals surface area contributed by atoms with Crippen LogP contribution in [-0.2, 0) is 6.42 Å². The number of amides is 1. The summed E-state index contributed by atoms with van der Waals surface area (Å²) >= 11 is 0. The zero-order chi connectivity index (χ0) is 15.8. The van der Waals surface area contributed by atoms with E-state index >= 15 is 0 Å². The van der Waals surface area contributed by atoms with Gasteiger partial charge in [0.2, 0.25) is 0 Å². The van der Waals surface area contributed by atoms with E-state index in [4.69, 9.17) is 4.74 Å². The number of hydrogen-bond acceptors (Lipinski definition) is 4. The molecule has 0 aliphatic heterocycles. The lowest BCUT2D eigenvalue weighted by Gasteiger charge is -2.13. The average molecular weight is 308 g/mol. The van der Waals surface area contributed by atoms with Crippen LogP contribution in [0.3, 0.4) is 0 Å². The molecule has 23 heavy (non-hydrogen) atoms. The van der Waals surface area contributed by atoms with E-state index in [-0.39, 0.29) is 12.1 Å². The van der Waals surface area contributed by atoms with Gasteiger partial charge in [0, 0.05) is 6.07 Å². The molecule has 1 atom stereocenters. The number of nitrogens with one attached hydrogen (secondary N) is 1. The molecule has 6 heteroatoms. The summed E-state index contributed by atoms with van der Waals surface area (Å²) < 4.78 is 6.46. The van der Waals surface area contributed by atoms with E-state index in [1.54, 1.807) is 25.3 Å². The van der Waals surface area contributed by atoms with Crippen molar-refractivity contribution < 1.29 is 9.53 Å². The summed E-state index contributed by atoms with van der Waals surface area (Å²) in [5.41, 5.74) is 3.78. The second-order valence-corrected chi connectivity index (χ2v) is 5.60. The van der Waals surface area contributed by atoms with Crippen LogP contribution in [0.5, 0.6) is 5.75 Å². The monoisotopic (exact) mass is 308 g/mol. The summed E-state index contributed by atoms with van der Waals surface area (Å²) in [4.78, 5) is 12.6. The Morgan fingerprint density at radius 2 is 2.17 bits per heavy atom. The molecule has 0 saturated carbocycles. The highest BCUT2D eigenvalue weighted by Crippen LogP contribution is 2.30. The number of methoxy groups -OCH3 is 1. The lowest BCUT2D eigenvalue weighted by molar-refractivity contribution is 0.236. The summed E-state index contributed by atoms with van der Waals surface area (Å²) in [6.07, 6.45) is 1.89. The van der Waals surface area contributed by atoms with Crippen LogP contribution in [0.1, 0.15) is 23.6 Å². The predicted molar refractivity (Wildman–Crippen MR) is 85.5 cm³/mol. The summed E-state index contributed by atoms with van der Waals surface area (Å²) in [5.74, 6) is 0.690. The molecule has 1 amide bonds. The van der Waals surface area contributed by atoms with Gasteiger partial charge in [-0.1, -0.05) is 29.5 Å². The van der Waals surface area contributed by atoms with Crippen LogP contribution in [0.2, 0.25) is 0 Å². The van der Waals surface area contributed by atoms with E-state index in [9.17, 15) is 4.79 Å².